The van der Waals surface area contributed by atoms with Gasteiger partial charge in [-0.05, 0) is 12.5 Å². The first kappa shape index (κ1) is 14.2. The number of nitro benzene ring substituents is 1. The van der Waals surface area contributed by atoms with E-state index in [9.17, 15) is 14.9 Å². The third-order valence-electron chi connectivity index (χ3n) is 2.10. The average Bonchev–Trinajstić information content (AvgIpc) is 2.35. The second-order valence-corrected chi connectivity index (χ2v) is 3.77. The van der Waals surface area contributed by atoms with Crippen LogP contribution in [0, 0.1) is 10.1 Å². The highest BCUT2D eigenvalue weighted by Gasteiger charge is 2.17. The van der Waals surface area contributed by atoms with Crippen LogP contribution in [0.1, 0.15) is 12.8 Å². The second kappa shape index (κ2) is 6.77. The predicted molar refractivity (Wildman–Crippen MR) is 65.2 cm³/mol. The first-order chi connectivity index (χ1) is 8.56. The summed E-state index contributed by atoms with van der Waals surface area (Å²) in [5.41, 5.74) is 1.77. The maximum atomic E-state index is 10.8. The van der Waals surface area contributed by atoms with E-state index in [1.165, 1.54) is 18.2 Å². The molecule has 0 unspecified atom stereocenters. The second-order valence-electron chi connectivity index (χ2n) is 3.36. The third-order valence-corrected chi connectivity index (χ3v) is 2.40. The van der Waals surface area contributed by atoms with Crippen LogP contribution in [0.25, 0.3) is 0 Å². The zero-order valence-electron chi connectivity index (χ0n) is 9.39. The van der Waals surface area contributed by atoms with E-state index in [0.717, 1.165) is 0 Å². The molecule has 0 fully saturated rings. The van der Waals surface area contributed by atoms with E-state index in [4.69, 9.17) is 22.2 Å². The molecule has 0 saturated heterocycles. The summed E-state index contributed by atoms with van der Waals surface area (Å²) in [4.78, 5) is 21.0. The molecule has 18 heavy (non-hydrogen) atoms. The van der Waals surface area contributed by atoms with Crippen molar-refractivity contribution in [2.45, 2.75) is 12.8 Å². The van der Waals surface area contributed by atoms with Crippen LogP contribution in [0.3, 0.4) is 0 Å². The van der Waals surface area contributed by atoms with E-state index in [1.54, 1.807) is 0 Å². The molecular weight excluding hydrogens is 262 g/mol. The summed E-state index contributed by atoms with van der Waals surface area (Å²) in [6, 6.07) is 4.26. The Balaban J connectivity index is 2.61. The van der Waals surface area contributed by atoms with Gasteiger partial charge in [-0.25, -0.2) is 5.84 Å². The Morgan fingerprint density at radius 1 is 1.56 bits per heavy atom. The van der Waals surface area contributed by atoms with Gasteiger partial charge < -0.3 is 4.74 Å². The zero-order valence-corrected chi connectivity index (χ0v) is 10.1. The Labute approximate surface area is 108 Å². The van der Waals surface area contributed by atoms with Crippen LogP contribution in [0.15, 0.2) is 18.2 Å². The van der Waals surface area contributed by atoms with Crippen molar-refractivity contribution in [2.24, 2.45) is 5.84 Å². The lowest BCUT2D eigenvalue weighted by Gasteiger charge is -2.07. The Hall–Kier alpha value is -1.86. The number of hydrazine groups is 1. The summed E-state index contributed by atoms with van der Waals surface area (Å²) in [7, 11) is 0. The number of nitrogens with zero attached hydrogens (tertiary/aromatic N) is 1. The molecule has 1 rings (SSSR count). The maximum Gasteiger partial charge on any atom is 0.312 e. The summed E-state index contributed by atoms with van der Waals surface area (Å²) in [6.45, 7) is 0.137. The summed E-state index contributed by atoms with van der Waals surface area (Å²) in [6.07, 6.45) is 0.556. The number of amides is 1. The van der Waals surface area contributed by atoms with E-state index in [2.05, 4.69) is 0 Å². The lowest BCUT2D eigenvalue weighted by Crippen LogP contribution is -2.30. The summed E-state index contributed by atoms with van der Waals surface area (Å²) in [5, 5.41) is 10.9. The highest BCUT2D eigenvalue weighted by Crippen LogP contribution is 2.34. The Morgan fingerprint density at radius 3 is 2.89 bits per heavy atom. The molecule has 0 atom stereocenters. The van der Waals surface area contributed by atoms with Gasteiger partial charge in [-0.3, -0.25) is 20.3 Å². The molecule has 0 saturated carbocycles. The van der Waals surface area contributed by atoms with Gasteiger partial charge in [0, 0.05) is 12.5 Å². The Morgan fingerprint density at radius 2 is 2.28 bits per heavy atom. The van der Waals surface area contributed by atoms with Gasteiger partial charge >= 0.3 is 5.69 Å². The van der Waals surface area contributed by atoms with Crippen molar-refractivity contribution in [3.63, 3.8) is 0 Å². The van der Waals surface area contributed by atoms with E-state index in [1.807, 2.05) is 5.43 Å². The van der Waals surface area contributed by atoms with Gasteiger partial charge in [0.25, 0.3) is 0 Å². The Kier molecular flexibility index (Phi) is 5.34. The molecule has 0 heterocycles. The molecule has 0 aliphatic heterocycles. The van der Waals surface area contributed by atoms with Crippen molar-refractivity contribution in [3.05, 3.63) is 33.3 Å². The molecule has 0 aromatic heterocycles. The van der Waals surface area contributed by atoms with Crippen molar-refractivity contribution in [1.29, 1.82) is 0 Å². The quantitative estimate of drug-likeness (QED) is 0.268. The molecule has 0 bridgehead atoms. The fraction of sp³-hybridized carbons (Fsp3) is 0.300. The van der Waals surface area contributed by atoms with Crippen molar-refractivity contribution in [1.82, 2.24) is 5.43 Å². The lowest BCUT2D eigenvalue weighted by molar-refractivity contribution is -0.385. The van der Waals surface area contributed by atoms with Gasteiger partial charge in [0.1, 0.15) is 0 Å². The number of hydrogen-bond acceptors (Lipinski definition) is 5. The number of nitrogens with one attached hydrogen (secondary N) is 1. The van der Waals surface area contributed by atoms with Gasteiger partial charge in [-0.1, -0.05) is 17.7 Å². The first-order valence-corrected chi connectivity index (χ1v) is 5.49. The number of nitrogens with two attached hydrogens (primary N) is 1. The monoisotopic (exact) mass is 273 g/mol. The van der Waals surface area contributed by atoms with Crippen LogP contribution in [0.2, 0.25) is 5.02 Å². The number of benzene rings is 1. The average molecular weight is 274 g/mol. The molecule has 1 aromatic rings. The summed E-state index contributed by atoms with van der Waals surface area (Å²) >= 11 is 5.81. The smallest absolute Gasteiger partial charge is 0.312 e. The van der Waals surface area contributed by atoms with Gasteiger partial charge in [-0.2, -0.15) is 0 Å². The highest BCUT2D eigenvalue weighted by molar-refractivity contribution is 6.32. The molecule has 7 nitrogen and oxygen atoms in total. The molecule has 8 heteroatoms. The van der Waals surface area contributed by atoms with Gasteiger partial charge in [0.15, 0.2) is 0 Å². The van der Waals surface area contributed by atoms with E-state index in [-0.39, 0.29) is 35.4 Å². The number of rotatable bonds is 6. The van der Waals surface area contributed by atoms with Crippen molar-refractivity contribution < 1.29 is 14.5 Å². The minimum absolute atomic E-state index is 0.0114. The van der Waals surface area contributed by atoms with Crippen LogP contribution in [0.4, 0.5) is 5.69 Å². The summed E-state index contributed by atoms with van der Waals surface area (Å²) in [5.74, 6) is 4.59. The third kappa shape index (κ3) is 3.86. The van der Waals surface area contributed by atoms with Gasteiger partial charge in [-0.15, -0.1) is 0 Å². The number of carbonyl (C=O) groups is 1. The molecule has 1 aromatic carbocycles. The molecule has 0 radical (unpaired) electrons. The van der Waals surface area contributed by atoms with Gasteiger partial charge in [0.05, 0.1) is 16.6 Å². The Bertz CT molecular complexity index is 453. The van der Waals surface area contributed by atoms with Gasteiger partial charge in [0.2, 0.25) is 11.7 Å². The molecule has 98 valence electrons. The van der Waals surface area contributed by atoms with E-state index < -0.39 is 4.92 Å². The zero-order chi connectivity index (χ0) is 13.5. The highest BCUT2D eigenvalue weighted by atomic mass is 35.5. The van der Waals surface area contributed by atoms with Crippen LogP contribution in [0.5, 0.6) is 5.75 Å². The number of halogens is 1. The first-order valence-electron chi connectivity index (χ1n) is 5.11. The van der Waals surface area contributed by atoms with E-state index in [0.29, 0.717) is 6.42 Å². The minimum Gasteiger partial charge on any atom is -0.486 e. The fourth-order valence-corrected chi connectivity index (χ4v) is 1.49. The number of para-hydroxylation sites is 1. The number of nitro groups is 1. The number of ether oxygens (including phenoxy) is 1. The van der Waals surface area contributed by atoms with Crippen molar-refractivity contribution in [2.75, 3.05) is 6.61 Å². The summed E-state index contributed by atoms with van der Waals surface area (Å²) < 4.78 is 5.23. The van der Waals surface area contributed by atoms with E-state index >= 15 is 0 Å². The SMILES string of the molecule is NNC(=O)CCCOc1c(Cl)cccc1[N+](=O)[O-]. The molecule has 0 aliphatic carbocycles. The largest absolute Gasteiger partial charge is 0.486 e. The molecule has 3 N–H and O–H groups in total. The number of hydrogen-bond donors (Lipinski definition) is 2. The minimum atomic E-state index is -0.576. The van der Waals surface area contributed by atoms with Crippen molar-refractivity contribution in [3.8, 4) is 5.75 Å². The standard InChI is InChI=1S/C10H12ClN3O4/c11-7-3-1-4-8(14(16)17)10(7)18-6-2-5-9(15)13-12/h1,3-4H,2,5-6,12H2,(H,13,15). The fourth-order valence-electron chi connectivity index (χ4n) is 1.26. The topological polar surface area (TPSA) is 107 Å². The number of carbonyl (C=O) groups excluding carboxylic acids is 1. The maximum absolute atomic E-state index is 10.8. The molecule has 0 aliphatic rings. The lowest BCUT2D eigenvalue weighted by atomic mass is 10.3. The van der Waals surface area contributed by atoms with Crippen molar-refractivity contribution >= 4 is 23.2 Å². The normalized spacial score (nSPS) is 9.89. The molecule has 1 amide bonds. The molecular formula is C10H12ClN3O4. The van der Waals surface area contributed by atoms with Crippen LogP contribution in [-0.2, 0) is 4.79 Å². The van der Waals surface area contributed by atoms with Crippen LogP contribution in [-0.4, -0.2) is 17.4 Å². The molecule has 0 spiro atoms. The van der Waals surface area contributed by atoms with Crippen LogP contribution < -0.4 is 16.0 Å². The predicted octanol–water partition coefficient (Wildman–Crippen LogP) is 1.40. The van der Waals surface area contributed by atoms with Crippen LogP contribution >= 0.6 is 11.6 Å².